The fourth-order valence-electron chi connectivity index (χ4n) is 3.29. The molecule has 0 aromatic carbocycles. The maximum absolute atomic E-state index is 10.5. The highest BCUT2D eigenvalue weighted by Crippen LogP contribution is 2.65. The van der Waals surface area contributed by atoms with E-state index in [0.29, 0.717) is 17.0 Å². The summed E-state index contributed by atoms with van der Waals surface area (Å²) in [5.74, 6) is 0.316. The van der Waals surface area contributed by atoms with Gasteiger partial charge in [-0.2, -0.15) is 10.4 Å². The van der Waals surface area contributed by atoms with Crippen molar-refractivity contribution in [1.82, 2.24) is 14.6 Å². The van der Waals surface area contributed by atoms with Crippen molar-refractivity contribution in [3.8, 4) is 6.07 Å². The van der Waals surface area contributed by atoms with Crippen LogP contribution in [-0.4, -0.2) is 42.6 Å². The highest BCUT2D eigenvalue weighted by Gasteiger charge is 2.82. The Morgan fingerprint density at radius 2 is 2.29 bits per heavy atom. The molecule has 5 atom stereocenters. The second kappa shape index (κ2) is 3.51. The van der Waals surface area contributed by atoms with Gasteiger partial charge in [0.05, 0.1) is 11.8 Å². The third-order valence-electron chi connectivity index (χ3n) is 4.71. The molecule has 2 aliphatic rings. The topological polar surface area (TPSA) is 130 Å². The maximum atomic E-state index is 10.5. The van der Waals surface area contributed by atoms with Gasteiger partial charge in [-0.15, -0.1) is 0 Å². The van der Waals surface area contributed by atoms with E-state index < -0.39 is 29.3 Å². The second-order valence-electron chi connectivity index (χ2n) is 5.72. The van der Waals surface area contributed by atoms with Crippen LogP contribution in [0, 0.1) is 16.7 Å². The molecule has 2 aromatic heterocycles. The first kappa shape index (κ1) is 12.5. The summed E-state index contributed by atoms with van der Waals surface area (Å²) in [5, 5.41) is 33.9. The smallest absolute Gasteiger partial charge is 0.151 e. The minimum absolute atomic E-state index is 0.316. The first-order chi connectivity index (χ1) is 9.95. The zero-order chi connectivity index (χ0) is 15.0. The summed E-state index contributed by atoms with van der Waals surface area (Å²) < 4.78 is 7.25. The zero-order valence-electron chi connectivity index (χ0n) is 11.1. The number of nitrogen functional groups attached to an aromatic ring is 1. The van der Waals surface area contributed by atoms with Crippen LogP contribution in [0.4, 0.5) is 5.82 Å². The minimum atomic E-state index is -1.55. The van der Waals surface area contributed by atoms with Crippen molar-refractivity contribution >= 4 is 11.3 Å². The number of rotatable bonds is 1. The van der Waals surface area contributed by atoms with E-state index in [9.17, 15) is 15.5 Å². The third-order valence-corrected chi connectivity index (χ3v) is 4.71. The molecule has 0 amide bonds. The highest BCUT2D eigenvalue weighted by molar-refractivity contribution is 5.65. The van der Waals surface area contributed by atoms with E-state index in [1.54, 1.807) is 23.6 Å². The van der Waals surface area contributed by atoms with E-state index in [0.717, 1.165) is 0 Å². The number of anilines is 1. The van der Waals surface area contributed by atoms with Gasteiger partial charge in [0.25, 0.3) is 0 Å². The fraction of sp³-hybridized carbons (Fsp3) is 0.462. The summed E-state index contributed by atoms with van der Waals surface area (Å²) in [4.78, 5) is 3.90. The summed E-state index contributed by atoms with van der Waals surface area (Å²) in [6.07, 6.45) is -1.19. The van der Waals surface area contributed by atoms with Gasteiger partial charge in [0.2, 0.25) is 0 Å². The molecule has 8 nitrogen and oxygen atoms in total. The largest absolute Gasteiger partial charge is 0.387 e. The van der Waals surface area contributed by atoms with Crippen LogP contribution in [0.2, 0.25) is 0 Å². The number of nitrogens with zero attached hydrogens (tertiary/aromatic N) is 4. The van der Waals surface area contributed by atoms with Crippen LogP contribution < -0.4 is 5.73 Å². The van der Waals surface area contributed by atoms with Crippen molar-refractivity contribution in [2.75, 3.05) is 5.73 Å². The van der Waals surface area contributed by atoms with Gasteiger partial charge in [-0.1, -0.05) is 0 Å². The summed E-state index contributed by atoms with van der Waals surface area (Å²) in [6.45, 7) is 1.58. The highest BCUT2D eigenvalue weighted by atomic mass is 16.6. The normalized spacial score (nSPS) is 41.0. The lowest BCUT2D eigenvalue weighted by Crippen LogP contribution is -2.39. The molecule has 0 bridgehead atoms. The first-order valence-electron chi connectivity index (χ1n) is 6.50. The SMILES string of the molecule is C[C@]1(C#N)[C@H](c2ccc3c(N)ncnn23)O[C@@H]2C(O)[C@@]21O. The number of nitriles is 1. The Morgan fingerprint density at radius 1 is 1.52 bits per heavy atom. The molecule has 4 rings (SSSR count). The maximum Gasteiger partial charge on any atom is 0.151 e. The molecular weight excluding hydrogens is 274 g/mol. The molecular formula is C13H13N5O3. The molecule has 8 heteroatoms. The summed E-state index contributed by atoms with van der Waals surface area (Å²) >= 11 is 0. The van der Waals surface area contributed by atoms with E-state index in [2.05, 4.69) is 16.2 Å². The number of hydrogen-bond acceptors (Lipinski definition) is 7. The standard InChI is InChI=1S/C13H13N5O3/c1-12(4-14)9(21-10-8(19)13(10,12)20)6-2-3-7-11(15)16-5-17-18(6)7/h2-3,5,8-10,19-20H,1H3,(H2,15,16,17)/t8?,9-,10+,12-,13+/m0/s1. The average Bonchev–Trinajstić information content (AvgIpc) is 2.82. The second-order valence-corrected chi connectivity index (χ2v) is 5.72. The Morgan fingerprint density at radius 3 is 3.00 bits per heavy atom. The van der Waals surface area contributed by atoms with Crippen LogP contribution in [-0.2, 0) is 4.74 Å². The van der Waals surface area contributed by atoms with Gasteiger partial charge < -0.3 is 20.7 Å². The number of aliphatic hydroxyl groups excluding tert-OH is 1. The lowest BCUT2D eigenvalue weighted by molar-refractivity contribution is -0.0429. The summed E-state index contributed by atoms with van der Waals surface area (Å²) in [6, 6.07) is 5.57. The lowest BCUT2D eigenvalue weighted by Gasteiger charge is -2.29. The van der Waals surface area contributed by atoms with E-state index in [1.807, 2.05) is 0 Å². The lowest BCUT2D eigenvalue weighted by atomic mass is 9.77. The first-order valence-corrected chi connectivity index (χ1v) is 6.50. The van der Waals surface area contributed by atoms with E-state index in [4.69, 9.17) is 10.5 Å². The van der Waals surface area contributed by atoms with Gasteiger partial charge in [0.15, 0.2) is 5.82 Å². The quantitative estimate of drug-likeness (QED) is 0.637. The molecule has 108 valence electrons. The molecule has 1 aliphatic carbocycles. The molecule has 1 saturated heterocycles. The third kappa shape index (κ3) is 1.20. The Balaban J connectivity index is 1.88. The van der Waals surface area contributed by atoms with Gasteiger partial charge >= 0.3 is 0 Å². The Bertz CT molecular complexity index is 799. The number of hydrogen-bond donors (Lipinski definition) is 3. The molecule has 1 saturated carbocycles. The van der Waals surface area contributed by atoms with Gasteiger partial charge in [-0.25, -0.2) is 9.50 Å². The van der Waals surface area contributed by atoms with Crippen molar-refractivity contribution in [2.45, 2.75) is 30.8 Å². The van der Waals surface area contributed by atoms with Gasteiger partial charge in [0, 0.05) is 0 Å². The Kier molecular flexibility index (Phi) is 2.09. The number of nitrogens with two attached hydrogens (primary N) is 1. The van der Waals surface area contributed by atoms with Gasteiger partial charge in [0.1, 0.15) is 41.2 Å². The monoisotopic (exact) mass is 287 g/mol. The number of ether oxygens (including phenoxy) is 1. The van der Waals surface area contributed by atoms with Crippen molar-refractivity contribution in [2.24, 2.45) is 5.41 Å². The Hall–Kier alpha value is -2.21. The van der Waals surface area contributed by atoms with Crippen molar-refractivity contribution < 1.29 is 14.9 Å². The van der Waals surface area contributed by atoms with E-state index in [1.165, 1.54) is 6.33 Å². The van der Waals surface area contributed by atoms with E-state index in [-0.39, 0.29) is 0 Å². The predicted octanol–water partition coefficient (Wildman–Crippen LogP) is -0.613. The molecule has 0 radical (unpaired) electrons. The Labute approximate surface area is 119 Å². The zero-order valence-corrected chi connectivity index (χ0v) is 11.1. The number of fused-ring (bicyclic) bond motifs is 2. The van der Waals surface area contributed by atoms with Crippen molar-refractivity contribution in [3.05, 3.63) is 24.2 Å². The van der Waals surface area contributed by atoms with Crippen LogP contribution in [0.5, 0.6) is 0 Å². The molecule has 1 aliphatic heterocycles. The van der Waals surface area contributed by atoms with Crippen molar-refractivity contribution in [1.29, 1.82) is 5.26 Å². The summed E-state index contributed by atoms with van der Waals surface area (Å²) in [5.41, 5.74) is 4.16. The van der Waals surface area contributed by atoms with E-state index >= 15 is 0 Å². The molecule has 4 N–H and O–H groups in total. The van der Waals surface area contributed by atoms with Crippen LogP contribution in [0.25, 0.3) is 5.52 Å². The molecule has 1 unspecified atom stereocenters. The van der Waals surface area contributed by atoms with Crippen molar-refractivity contribution in [3.63, 3.8) is 0 Å². The molecule has 0 spiro atoms. The number of aromatic nitrogens is 3. The average molecular weight is 287 g/mol. The molecule has 2 fully saturated rings. The van der Waals surface area contributed by atoms with Crippen LogP contribution >= 0.6 is 0 Å². The van der Waals surface area contributed by atoms with Crippen LogP contribution in [0.3, 0.4) is 0 Å². The molecule has 2 aromatic rings. The fourth-order valence-corrected chi connectivity index (χ4v) is 3.29. The minimum Gasteiger partial charge on any atom is -0.387 e. The van der Waals surface area contributed by atoms with Gasteiger partial charge in [-0.05, 0) is 19.1 Å². The molecule has 3 heterocycles. The van der Waals surface area contributed by atoms with Crippen LogP contribution in [0.1, 0.15) is 18.7 Å². The molecule has 21 heavy (non-hydrogen) atoms. The summed E-state index contributed by atoms with van der Waals surface area (Å²) in [7, 11) is 0. The van der Waals surface area contributed by atoms with Crippen LogP contribution in [0.15, 0.2) is 18.5 Å². The predicted molar refractivity (Wildman–Crippen MR) is 69.7 cm³/mol. The van der Waals surface area contributed by atoms with Gasteiger partial charge in [-0.3, -0.25) is 0 Å². The number of aliphatic hydroxyl groups is 2.